The van der Waals surface area contributed by atoms with Crippen molar-refractivity contribution >= 4 is 30.1 Å². The molecule has 0 spiro atoms. The average Bonchev–Trinajstić information content (AvgIpc) is 2.94. The van der Waals surface area contributed by atoms with E-state index in [2.05, 4.69) is 6.07 Å². The Morgan fingerprint density at radius 3 is 2.07 bits per heavy atom. The first-order valence-electron chi connectivity index (χ1n) is 12.7. The average molecular weight is 577 g/mol. The lowest BCUT2D eigenvalue weighted by Crippen LogP contribution is -2.55. The molecule has 0 unspecified atom stereocenters. The number of benzene rings is 2. The first-order valence-corrected chi connectivity index (χ1v) is 13.1. The summed E-state index contributed by atoms with van der Waals surface area (Å²) < 4.78 is 29.6. The predicted octanol–water partition coefficient (Wildman–Crippen LogP) is 4.76. The van der Waals surface area contributed by atoms with Gasteiger partial charge in [-0.05, 0) is 29.3 Å². The number of rotatable bonds is 7. The SMILES string of the molecule is COc1ccc(-c2cc(-c3ccccc3)n([C@H]3OC[C@H](OC(C)=O)[C@@H](OC(C)=O)[C@H]3OC(C)=O)c(=S)c2C#N)cc1. The summed E-state index contributed by atoms with van der Waals surface area (Å²) in [7, 11) is 1.56. The van der Waals surface area contributed by atoms with Crippen LogP contribution in [-0.4, -0.2) is 54.5 Å². The van der Waals surface area contributed by atoms with Crippen molar-refractivity contribution in [2.24, 2.45) is 0 Å². The molecule has 212 valence electrons. The molecule has 3 aromatic rings. The molecule has 2 aromatic carbocycles. The van der Waals surface area contributed by atoms with Crippen LogP contribution in [0, 0.1) is 16.0 Å². The molecule has 10 nitrogen and oxygen atoms in total. The highest BCUT2D eigenvalue weighted by Crippen LogP contribution is 2.38. The minimum absolute atomic E-state index is 0.106. The van der Waals surface area contributed by atoms with E-state index in [0.717, 1.165) is 11.1 Å². The fourth-order valence-corrected chi connectivity index (χ4v) is 5.12. The predicted molar refractivity (Wildman–Crippen MR) is 149 cm³/mol. The van der Waals surface area contributed by atoms with Gasteiger partial charge in [0.2, 0.25) is 0 Å². The van der Waals surface area contributed by atoms with E-state index in [1.165, 1.54) is 20.8 Å². The van der Waals surface area contributed by atoms with Gasteiger partial charge in [-0.1, -0.05) is 54.7 Å². The van der Waals surface area contributed by atoms with Gasteiger partial charge in [0.25, 0.3) is 0 Å². The number of hydrogen-bond donors (Lipinski definition) is 0. The van der Waals surface area contributed by atoms with Crippen LogP contribution in [-0.2, 0) is 33.3 Å². The van der Waals surface area contributed by atoms with Crippen LogP contribution < -0.4 is 4.74 Å². The van der Waals surface area contributed by atoms with E-state index in [4.69, 9.17) is 35.9 Å². The number of carbonyl (C=O) groups is 3. The second-order valence-electron chi connectivity index (χ2n) is 9.22. The molecular weight excluding hydrogens is 548 g/mol. The summed E-state index contributed by atoms with van der Waals surface area (Å²) in [5.41, 5.74) is 2.77. The summed E-state index contributed by atoms with van der Waals surface area (Å²) in [4.78, 5) is 36.2. The molecule has 1 aliphatic heterocycles. The topological polar surface area (TPSA) is 126 Å². The van der Waals surface area contributed by atoms with Gasteiger partial charge in [0.05, 0.1) is 25.0 Å². The second-order valence-corrected chi connectivity index (χ2v) is 9.61. The van der Waals surface area contributed by atoms with Gasteiger partial charge < -0.3 is 28.3 Å². The summed E-state index contributed by atoms with van der Waals surface area (Å²) in [6.45, 7) is 3.40. The van der Waals surface area contributed by atoms with Crippen LogP contribution in [0.15, 0.2) is 60.7 Å². The molecule has 0 saturated carbocycles. The molecule has 4 rings (SSSR count). The Morgan fingerprint density at radius 1 is 0.902 bits per heavy atom. The molecule has 4 atom stereocenters. The van der Waals surface area contributed by atoms with Crippen molar-refractivity contribution in [2.45, 2.75) is 45.3 Å². The molecule has 1 saturated heterocycles. The maximum Gasteiger partial charge on any atom is 0.303 e. The number of hydrogen-bond acceptors (Lipinski definition) is 10. The molecule has 41 heavy (non-hydrogen) atoms. The standard InChI is InChI=1S/C30H28N2O8S/c1-17(33)38-26-16-37-29(28(40-19(3)35)27(26)39-18(2)34)32-25(21-8-6-5-7-9-21)14-23(24(15-31)30(32)41)20-10-12-22(36-4)13-11-20/h5-14,26-29H,16H2,1-4H3/t26-,27+,28+,29-/m0/s1. The number of aromatic nitrogens is 1. The van der Waals surface area contributed by atoms with E-state index in [1.807, 2.05) is 42.5 Å². The minimum atomic E-state index is -1.28. The Hall–Kier alpha value is -4.53. The Balaban J connectivity index is 1.97. The zero-order valence-corrected chi connectivity index (χ0v) is 23.7. The number of nitriles is 1. The van der Waals surface area contributed by atoms with Crippen LogP contribution in [0.5, 0.6) is 5.75 Å². The van der Waals surface area contributed by atoms with E-state index in [9.17, 15) is 19.6 Å². The van der Waals surface area contributed by atoms with Gasteiger partial charge in [-0.25, -0.2) is 0 Å². The zero-order chi connectivity index (χ0) is 29.7. The number of carbonyl (C=O) groups excluding carboxylic acids is 3. The fourth-order valence-electron chi connectivity index (χ4n) is 4.76. The molecule has 0 N–H and O–H groups in total. The van der Waals surface area contributed by atoms with E-state index >= 15 is 0 Å². The summed E-state index contributed by atoms with van der Waals surface area (Å²) in [6.07, 6.45) is -4.69. The normalized spacial score (nSPS) is 19.9. The first-order chi connectivity index (χ1) is 19.6. The van der Waals surface area contributed by atoms with Crippen molar-refractivity contribution in [1.82, 2.24) is 4.57 Å². The second kappa shape index (κ2) is 12.8. The molecule has 0 amide bonds. The molecule has 0 bridgehead atoms. The fraction of sp³-hybridized carbons (Fsp3) is 0.300. The first kappa shape index (κ1) is 29.5. The maximum atomic E-state index is 12.3. The van der Waals surface area contributed by atoms with Gasteiger partial charge >= 0.3 is 17.9 Å². The number of methoxy groups -OCH3 is 1. The van der Waals surface area contributed by atoms with Gasteiger partial charge in [-0.15, -0.1) is 0 Å². The van der Waals surface area contributed by atoms with Crippen LogP contribution in [0.1, 0.15) is 32.6 Å². The number of nitrogens with zero attached hydrogens (tertiary/aromatic N) is 2. The third kappa shape index (κ3) is 6.45. The van der Waals surface area contributed by atoms with Crippen molar-refractivity contribution in [2.75, 3.05) is 13.7 Å². The molecule has 1 aliphatic rings. The van der Waals surface area contributed by atoms with E-state index < -0.39 is 42.4 Å². The van der Waals surface area contributed by atoms with Gasteiger partial charge in [-0.2, -0.15) is 5.26 Å². The van der Waals surface area contributed by atoms with Crippen LogP contribution in [0.25, 0.3) is 22.4 Å². The van der Waals surface area contributed by atoms with Crippen LogP contribution in [0.3, 0.4) is 0 Å². The molecular formula is C30H28N2O8S. The largest absolute Gasteiger partial charge is 0.497 e. The van der Waals surface area contributed by atoms with Gasteiger partial charge in [0, 0.05) is 26.3 Å². The van der Waals surface area contributed by atoms with Gasteiger partial charge in [0.15, 0.2) is 24.5 Å². The van der Waals surface area contributed by atoms with Crippen LogP contribution in [0.2, 0.25) is 0 Å². The summed E-state index contributed by atoms with van der Waals surface area (Å²) >= 11 is 5.89. The van der Waals surface area contributed by atoms with Gasteiger partial charge in [-0.3, -0.25) is 14.4 Å². The number of esters is 3. The summed E-state index contributed by atoms with van der Waals surface area (Å²) in [5, 5.41) is 10.3. The third-order valence-electron chi connectivity index (χ3n) is 6.40. The van der Waals surface area contributed by atoms with E-state index in [0.29, 0.717) is 17.0 Å². The number of ether oxygens (including phenoxy) is 5. The molecule has 0 aliphatic carbocycles. The van der Waals surface area contributed by atoms with Crippen molar-refractivity contribution < 1.29 is 38.1 Å². The molecule has 2 heterocycles. The van der Waals surface area contributed by atoms with Crippen LogP contribution >= 0.6 is 12.2 Å². The van der Waals surface area contributed by atoms with Crippen molar-refractivity contribution in [3.63, 3.8) is 0 Å². The Labute approximate surface area is 242 Å². The van der Waals surface area contributed by atoms with Crippen molar-refractivity contribution in [3.8, 4) is 34.2 Å². The lowest BCUT2D eigenvalue weighted by molar-refractivity contribution is -0.239. The highest BCUT2D eigenvalue weighted by Gasteiger charge is 2.48. The number of pyridine rings is 1. The van der Waals surface area contributed by atoms with E-state index in [1.54, 1.807) is 29.9 Å². The molecule has 11 heteroatoms. The van der Waals surface area contributed by atoms with E-state index in [-0.39, 0.29) is 16.8 Å². The monoisotopic (exact) mass is 576 g/mol. The Bertz CT molecular complexity index is 1550. The minimum Gasteiger partial charge on any atom is -0.497 e. The third-order valence-corrected chi connectivity index (χ3v) is 6.80. The highest BCUT2D eigenvalue weighted by atomic mass is 32.1. The summed E-state index contributed by atoms with van der Waals surface area (Å²) in [5.74, 6) is -1.34. The molecule has 1 aromatic heterocycles. The lowest BCUT2D eigenvalue weighted by Gasteiger charge is -2.42. The Morgan fingerprint density at radius 2 is 1.51 bits per heavy atom. The van der Waals surface area contributed by atoms with Crippen molar-refractivity contribution in [1.29, 1.82) is 5.26 Å². The quantitative estimate of drug-likeness (QED) is 0.221. The lowest BCUT2D eigenvalue weighted by atomic mass is 9.97. The zero-order valence-electron chi connectivity index (χ0n) is 22.9. The van der Waals surface area contributed by atoms with Gasteiger partial charge in [0.1, 0.15) is 16.5 Å². The summed E-state index contributed by atoms with van der Waals surface area (Å²) in [6, 6.07) is 20.5. The van der Waals surface area contributed by atoms with Crippen molar-refractivity contribution in [3.05, 3.63) is 70.9 Å². The molecule has 1 fully saturated rings. The smallest absolute Gasteiger partial charge is 0.303 e. The highest BCUT2D eigenvalue weighted by molar-refractivity contribution is 7.71. The van der Waals surface area contributed by atoms with Crippen LogP contribution in [0.4, 0.5) is 0 Å². The maximum absolute atomic E-state index is 12.3. The molecule has 0 radical (unpaired) electrons. The Kier molecular flexibility index (Phi) is 9.17.